The Morgan fingerprint density at radius 2 is 2.37 bits per heavy atom. The van der Waals surface area contributed by atoms with Crippen LogP contribution in [0.15, 0.2) is 24.3 Å². The number of likely N-dealkylation sites (tertiary alicyclic amines) is 1. The van der Waals surface area contributed by atoms with Gasteiger partial charge in [-0.15, -0.1) is 0 Å². The number of anilines is 1. The summed E-state index contributed by atoms with van der Waals surface area (Å²) in [4.78, 5) is 13.4. The standard InChI is InChI=1S/C15H23N3O/c1-12(19)17-9-14-5-3-7-18(11-14)10-13-4-2-6-15(16)8-13/h2,4,6,8,14H,3,5,7,9-11,16H2,1H3,(H,17,19). The number of rotatable bonds is 4. The van der Waals surface area contributed by atoms with Crippen LogP contribution < -0.4 is 11.1 Å². The number of benzene rings is 1. The summed E-state index contributed by atoms with van der Waals surface area (Å²) < 4.78 is 0. The van der Waals surface area contributed by atoms with E-state index in [-0.39, 0.29) is 5.91 Å². The number of carbonyl (C=O) groups is 1. The maximum Gasteiger partial charge on any atom is 0.216 e. The molecule has 1 unspecified atom stereocenters. The molecule has 1 aliphatic heterocycles. The summed E-state index contributed by atoms with van der Waals surface area (Å²) in [6, 6.07) is 8.08. The van der Waals surface area contributed by atoms with Gasteiger partial charge in [-0.3, -0.25) is 9.69 Å². The first-order valence-electron chi connectivity index (χ1n) is 6.94. The molecule has 3 N–H and O–H groups in total. The molecule has 1 amide bonds. The molecule has 0 saturated carbocycles. The quantitative estimate of drug-likeness (QED) is 0.810. The predicted molar refractivity (Wildman–Crippen MR) is 77.5 cm³/mol. The molecule has 1 fully saturated rings. The summed E-state index contributed by atoms with van der Waals surface area (Å²) in [5, 5.41) is 2.92. The van der Waals surface area contributed by atoms with E-state index < -0.39 is 0 Å². The average molecular weight is 261 g/mol. The number of nitrogen functional groups attached to an aromatic ring is 1. The molecule has 0 spiro atoms. The third-order valence-electron chi connectivity index (χ3n) is 3.60. The molecule has 4 heteroatoms. The first-order valence-corrected chi connectivity index (χ1v) is 6.94. The van der Waals surface area contributed by atoms with Crippen molar-refractivity contribution in [3.05, 3.63) is 29.8 Å². The van der Waals surface area contributed by atoms with E-state index in [2.05, 4.69) is 16.3 Å². The lowest BCUT2D eigenvalue weighted by Crippen LogP contribution is -2.40. The Bertz CT molecular complexity index is 433. The molecular weight excluding hydrogens is 238 g/mol. The molecular formula is C15H23N3O. The second-order valence-corrected chi connectivity index (χ2v) is 5.43. The average Bonchev–Trinajstić information content (AvgIpc) is 2.37. The van der Waals surface area contributed by atoms with Gasteiger partial charge in [0.2, 0.25) is 5.91 Å². The Morgan fingerprint density at radius 1 is 1.53 bits per heavy atom. The number of nitrogens with zero attached hydrogens (tertiary/aromatic N) is 1. The minimum Gasteiger partial charge on any atom is -0.399 e. The van der Waals surface area contributed by atoms with Crippen molar-refractivity contribution in [2.75, 3.05) is 25.4 Å². The van der Waals surface area contributed by atoms with Crippen LogP contribution in [0, 0.1) is 5.92 Å². The molecule has 1 aliphatic rings. The Hall–Kier alpha value is -1.55. The molecule has 0 aliphatic carbocycles. The van der Waals surface area contributed by atoms with E-state index in [0.717, 1.165) is 31.9 Å². The summed E-state index contributed by atoms with van der Waals surface area (Å²) in [5.74, 6) is 0.631. The fourth-order valence-electron chi connectivity index (χ4n) is 2.70. The van der Waals surface area contributed by atoms with Crippen molar-refractivity contribution in [1.29, 1.82) is 0 Å². The third kappa shape index (κ3) is 4.56. The molecule has 1 heterocycles. The fourth-order valence-corrected chi connectivity index (χ4v) is 2.70. The van der Waals surface area contributed by atoms with Gasteiger partial charge >= 0.3 is 0 Å². The van der Waals surface area contributed by atoms with Crippen molar-refractivity contribution < 1.29 is 4.79 Å². The second-order valence-electron chi connectivity index (χ2n) is 5.43. The van der Waals surface area contributed by atoms with Crippen LogP contribution in [0.5, 0.6) is 0 Å². The van der Waals surface area contributed by atoms with Crippen molar-refractivity contribution >= 4 is 11.6 Å². The van der Waals surface area contributed by atoms with Crippen LogP contribution in [0.4, 0.5) is 5.69 Å². The van der Waals surface area contributed by atoms with E-state index in [9.17, 15) is 4.79 Å². The van der Waals surface area contributed by atoms with Crippen LogP contribution in [0.25, 0.3) is 0 Å². The van der Waals surface area contributed by atoms with Gasteiger partial charge in [-0.05, 0) is 43.0 Å². The number of piperidine rings is 1. The lowest BCUT2D eigenvalue weighted by Gasteiger charge is -2.32. The highest BCUT2D eigenvalue weighted by Crippen LogP contribution is 2.18. The highest BCUT2D eigenvalue weighted by atomic mass is 16.1. The lowest BCUT2D eigenvalue weighted by molar-refractivity contribution is -0.119. The molecule has 0 aromatic heterocycles. The van der Waals surface area contributed by atoms with E-state index in [1.54, 1.807) is 6.92 Å². The molecule has 1 aromatic rings. The van der Waals surface area contributed by atoms with Gasteiger partial charge in [-0.2, -0.15) is 0 Å². The molecule has 104 valence electrons. The molecule has 1 saturated heterocycles. The van der Waals surface area contributed by atoms with Crippen molar-refractivity contribution in [2.24, 2.45) is 5.92 Å². The summed E-state index contributed by atoms with van der Waals surface area (Å²) in [5.41, 5.74) is 7.89. The van der Waals surface area contributed by atoms with Crippen LogP contribution in [0.1, 0.15) is 25.3 Å². The predicted octanol–water partition coefficient (Wildman–Crippen LogP) is 1.62. The van der Waals surface area contributed by atoms with Gasteiger partial charge in [0.15, 0.2) is 0 Å². The summed E-state index contributed by atoms with van der Waals surface area (Å²) in [7, 11) is 0. The summed E-state index contributed by atoms with van der Waals surface area (Å²) in [6.07, 6.45) is 2.40. The van der Waals surface area contributed by atoms with Crippen LogP contribution >= 0.6 is 0 Å². The number of nitrogens with two attached hydrogens (primary N) is 1. The highest BCUT2D eigenvalue weighted by Gasteiger charge is 2.19. The molecule has 4 nitrogen and oxygen atoms in total. The van der Waals surface area contributed by atoms with Crippen molar-refractivity contribution in [2.45, 2.75) is 26.3 Å². The smallest absolute Gasteiger partial charge is 0.216 e. The lowest BCUT2D eigenvalue weighted by atomic mass is 9.97. The van der Waals surface area contributed by atoms with Gasteiger partial charge < -0.3 is 11.1 Å². The van der Waals surface area contributed by atoms with E-state index in [1.807, 2.05) is 18.2 Å². The zero-order valence-electron chi connectivity index (χ0n) is 11.6. The number of amides is 1. The molecule has 2 rings (SSSR count). The number of hydrogen-bond donors (Lipinski definition) is 2. The molecule has 19 heavy (non-hydrogen) atoms. The Morgan fingerprint density at radius 3 is 3.11 bits per heavy atom. The zero-order valence-corrected chi connectivity index (χ0v) is 11.6. The van der Waals surface area contributed by atoms with Gasteiger partial charge in [0.25, 0.3) is 0 Å². The number of carbonyl (C=O) groups excluding carboxylic acids is 1. The summed E-state index contributed by atoms with van der Waals surface area (Å²) in [6.45, 7) is 5.50. The normalized spacial score (nSPS) is 20.2. The summed E-state index contributed by atoms with van der Waals surface area (Å²) >= 11 is 0. The Kier molecular flexibility index (Phi) is 4.80. The molecule has 0 bridgehead atoms. The van der Waals surface area contributed by atoms with E-state index in [1.165, 1.54) is 18.4 Å². The Labute approximate surface area is 115 Å². The van der Waals surface area contributed by atoms with E-state index >= 15 is 0 Å². The van der Waals surface area contributed by atoms with Gasteiger partial charge in [0.05, 0.1) is 0 Å². The van der Waals surface area contributed by atoms with Crippen molar-refractivity contribution in [3.8, 4) is 0 Å². The third-order valence-corrected chi connectivity index (χ3v) is 3.60. The van der Waals surface area contributed by atoms with Crippen LogP contribution in [-0.2, 0) is 11.3 Å². The molecule has 1 atom stereocenters. The van der Waals surface area contributed by atoms with E-state index in [4.69, 9.17) is 5.73 Å². The first-order chi connectivity index (χ1) is 9.13. The van der Waals surface area contributed by atoms with Crippen LogP contribution in [0.2, 0.25) is 0 Å². The van der Waals surface area contributed by atoms with Crippen molar-refractivity contribution in [3.63, 3.8) is 0 Å². The van der Waals surface area contributed by atoms with Gasteiger partial charge in [-0.1, -0.05) is 12.1 Å². The fraction of sp³-hybridized carbons (Fsp3) is 0.533. The minimum atomic E-state index is 0.0629. The molecule has 1 aromatic carbocycles. The monoisotopic (exact) mass is 261 g/mol. The topological polar surface area (TPSA) is 58.4 Å². The first kappa shape index (κ1) is 13.9. The highest BCUT2D eigenvalue weighted by molar-refractivity contribution is 5.72. The SMILES string of the molecule is CC(=O)NCC1CCCN(Cc2cccc(N)c2)C1. The van der Waals surface area contributed by atoms with Crippen molar-refractivity contribution in [1.82, 2.24) is 10.2 Å². The number of nitrogens with one attached hydrogen (secondary N) is 1. The van der Waals surface area contributed by atoms with Gasteiger partial charge in [0, 0.05) is 32.2 Å². The largest absolute Gasteiger partial charge is 0.399 e. The van der Waals surface area contributed by atoms with Crippen LogP contribution in [-0.4, -0.2) is 30.4 Å². The second kappa shape index (κ2) is 6.57. The van der Waals surface area contributed by atoms with Crippen LogP contribution in [0.3, 0.4) is 0 Å². The maximum atomic E-state index is 11.0. The number of hydrogen-bond acceptors (Lipinski definition) is 3. The van der Waals surface area contributed by atoms with Gasteiger partial charge in [-0.25, -0.2) is 0 Å². The van der Waals surface area contributed by atoms with Gasteiger partial charge in [0.1, 0.15) is 0 Å². The Balaban J connectivity index is 1.85. The molecule has 0 radical (unpaired) electrons. The maximum absolute atomic E-state index is 11.0. The minimum absolute atomic E-state index is 0.0629. The van der Waals surface area contributed by atoms with E-state index in [0.29, 0.717) is 5.92 Å². The zero-order chi connectivity index (χ0) is 13.7.